The van der Waals surface area contributed by atoms with Crippen LogP contribution in [0, 0.1) is 6.08 Å². The standard InChI is InChI=1S/C7H9.Fe/c1-6-4-3-5-7(6)2;/h3H,4H2,1-2H3;/q-1;. The Labute approximate surface area is 61.1 Å². The van der Waals surface area contributed by atoms with E-state index in [9.17, 15) is 0 Å². The average molecular weight is 149 g/mol. The molecule has 0 saturated carbocycles. The van der Waals surface area contributed by atoms with Crippen LogP contribution in [0.3, 0.4) is 0 Å². The van der Waals surface area contributed by atoms with Crippen molar-refractivity contribution in [2.45, 2.75) is 20.3 Å². The van der Waals surface area contributed by atoms with Crippen LogP contribution >= 0.6 is 0 Å². The van der Waals surface area contributed by atoms with Gasteiger partial charge in [0, 0.05) is 17.1 Å². The second-order valence-electron chi connectivity index (χ2n) is 1.96. The van der Waals surface area contributed by atoms with E-state index in [2.05, 4.69) is 26.0 Å². The summed E-state index contributed by atoms with van der Waals surface area (Å²) in [5, 5.41) is 0. The molecule has 0 saturated heterocycles. The van der Waals surface area contributed by atoms with Gasteiger partial charge in [-0.3, -0.25) is 6.08 Å². The first kappa shape index (κ1) is 8.00. The van der Waals surface area contributed by atoms with E-state index in [1.807, 2.05) is 0 Å². The monoisotopic (exact) mass is 149 g/mol. The second-order valence-corrected chi connectivity index (χ2v) is 1.96. The average Bonchev–Trinajstić information content (AvgIpc) is 1.91. The third kappa shape index (κ3) is 1.50. The summed E-state index contributed by atoms with van der Waals surface area (Å²) >= 11 is 0. The molecule has 0 spiro atoms. The van der Waals surface area contributed by atoms with Crippen molar-refractivity contribution in [1.82, 2.24) is 0 Å². The van der Waals surface area contributed by atoms with Gasteiger partial charge in [0.2, 0.25) is 0 Å². The number of rotatable bonds is 0. The Bertz CT molecular complexity index is 131. The molecule has 1 aliphatic rings. The summed E-state index contributed by atoms with van der Waals surface area (Å²) in [4.78, 5) is 0. The van der Waals surface area contributed by atoms with E-state index in [4.69, 9.17) is 0 Å². The van der Waals surface area contributed by atoms with Gasteiger partial charge in [0.05, 0.1) is 0 Å². The largest absolute Gasteiger partial charge is 0.253 e. The molecule has 0 aromatic carbocycles. The molecule has 1 heteroatoms. The zero-order chi connectivity index (χ0) is 5.28. The van der Waals surface area contributed by atoms with E-state index in [0.29, 0.717) is 0 Å². The van der Waals surface area contributed by atoms with Crippen LogP contribution in [0.15, 0.2) is 17.2 Å². The smallest absolute Gasteiger partial charge is 0 e. The number of hydrogen-bond acceptors (Lipinski definition) is 0. The van der Waals surface area contributed by atoms with Crippen LogP contribution in [0.4, 0.5) is 0 Å². The molecule has 0 aliphatic heterocycles. The van der Waals surface area contributed by atoms with Gasteiger partial charge in [0.25, 0.3) is 0 Å². The molecular formula is C7H9Fe-. The summed E-state index contributed by atoms with van der Waals surface area (Å²) in [7, 11) is 0. The van der Waals surface area contributed by atoms with Crippen LogP contribution in [-0.4, -0.2) is 0 Å². The predicted molar refractivity (Wildman–Crippen MR) is 30.8 cm³/mol. The molecule has 0 aromatic rings. The summed E-state index contributed by atoms with van der Waals surface area (Å²) in [5.74, 6) is 0. The molecule has 0 N–H and O–H groups in total. The summed E-state index contributed by atoms with van der Waals surface area (Å²) in [6.45, 7) is 4.24. The van der Waals surface area contributed by atoms with E-state index in [1.165, 1.54) is 11.1 Å². The van der Waals surface area contributed by atoms with Gasteiger partial charge in [0.15, 0.2) is 0 Å². The first-order valence-electron chi connectivity index (χ1n) is 2.55. The molecule has 0 unspecified atom stereocenters. The van der Waals surface area contributed by atoms with Crippen molar-refractivity contribution < 1.29 is 17.1 Å². The van der Waals surface area contributed by atoms with Gasteiger partial charge in [-0.15, -0.1) is 6.92 Å². The fourth-order valence-electron chi connectivity index (χ4n) is 0.634. The van der Waals surface area contributed by atoms with Crippen molar-refractivity contribution in [1.29, 1.82) is 0 Å². The van der Waals surface area contributed by atoms with Crippen molar-refractivity contribution in [2.24, 2.45) is 0 Å². The first-order valence-corrected chi connectivity index (χ1v) is 2.55. The van der Waals surface area contributed by atoms with Crippen LogP contribution in [0.5, 0.6) is 0 Å². The first-order chi connectivity index (χ1) is 3.30. The minimum Gasteiger partial charge on any atom is -0.253 e. The van der Waals surface area contributed by atoms with Crippen LogP contribution in [0.2, 0.25) is 0 Å². The molecule has 0 bridgehead atoms. The minimum absolute atomic E-state index is 0. The summed E-state index contributed by atoms with van der Waals surface area (Å²) in [5.41, 5.74) is 2.78. The second kappa shape index (κ2) is 3.11. The van der Waals surface area contributed by atoms with Crippen molar-refractivity contribution in [3.63, 3.8) is 0 Å². The maximum absolute atomic E-state index is 3.12. The third-order valence-electron chi connectivity index (χ3n) is 1.37. The fourth-order valence-corrected chi connectivity index (χ4v) is 0.634. The third-order valence-corrected chi connectivity index (χ3v) is 1.37. The SMILES string of the molecule is CC1=C(C)CC=[C-]1.[Fe]. The molecule has 46 valence electrons. The van der Waals surface area contributed by atoms with Gasteiger partial charge in [-0.2, -0.15) is 6.08 Å². The van der Waals surface area contributed by atoms with Gasteiger partial charge >= 0.3 is 0 Å². The fraction of sp³-hybridized carbons (Fsp3) is 0.429. The Morgan fingerprint density at radius 1 is 1.50 bits per heavy atom. The molecule has 0 heterocycles. The molecule has 0 radical (unpaired) electrons. The van der Waals surface area contributed by atoms with E-state index >= 15 is 0 Å². The van der Waals surface area contributed by atoms with Crippen LogP contribution in [0.25, 0.3) is 0 Å². The van der Waals surface area contributed by atoms with Gasteiger partial charge in [-0.25, -0.2) is 11.1 Å². The molecule has 8 heavy (non-hydrogen) atoms. The van der Waals surface area contributed by atoms with Crippen LogP contribution in [0.1, 0.15) is 20.3 Å². The van der Waals surface area contributed by atoms with Gasteiger partial charge in [-0.1, -0.05) is 13.3 Å². The Hall–Kier alpha value is -0.000519. The van der Waals surface area contributed by atoms with Gasteiger partial charge in [-0.05, 0) is 0 Å². The summed E-state index contributed by atoms with van der Waals surface area (Å²) < 4.78 is 0. The van der Waals surface area contributed by atoms with Gasteiger partial charge in [0.1, 0.15) is 0 Å². The zero-order valence-electron chi connectivity index (χ0n) is 5.14. The molecule has 0 nitrogen and oxygen atoms in total. The normalized spacial score (nSPS) is 16.8. The van der Waals surface area contributed by atoms with Crippen molar-refractivity contribution in [3.05, 3.63) is 23.3 Å². The maximum atomic E-state index is 3.12. The minimum atomic E-state index is 0. The van der Waals surface area contributed by atoms with Gasteiger partial charge < -0.3 is 0 Å². The Morgan fingerprint density at radius 3 is 2.25 bits per heavy atom. The summed E-state index contributed by atoms with van der Waals surface area (Å²) in [6.07, 6.45) is 6.31. The Morgan fingerprint density at radius 2 is 2.12 bits per heavy atom. The molecule has 0 atom stereocenters. The molecule has 0 fully saturated rings. The number of hydrogen-bond donors (Lipinski definition) is 0. The topological polar surface area (TPSA) is 0 Å². The van der Waals surface area contributed by atoms with Crippen LogP contribution in [-0.2, 0) is 17.1 Å². The van der Waals surface area contributed by atoms with Crippen molar-refractivity contribution in [3.8, 4) is 0 Å². The van der Waals surface area contributed by atoms with E-state index in [1.54, 1.807) is 0 Å². The molecule has 0 aromatic heterocycles. The quantitative estimate of drug-likeness (QED) is 0.365. The predicted octanol–water partition coefficient (Wildman–Crippen LogP) is 2.08. The van der Waals surface area contributed by atoms with Crippen LogP contribution < -0.4 is 0 Å². The maximum Gasteiger partial charge on any atom is 0 e. The number of allylic oxidation sites excluding steroid dienone is 4. The summed E-state index contributed by atoms with van der Waals surface area (Å²) in [6, 6.07) is 0. The molecule has 1 rings (SSSR count). The van der Waals surface area contributed by atoms with Crippen molar-refractivity contribution >= 4 is 0 Å². The molecule has 0 amide bonds. The van der Waals surface area contributed by atoms with E-state index in [-0.39, 0.29) is 17.1 Å². The van der Waals surface area contributed by atoms with Crippen molar-refractivity contribution in [2.75, 3.05) is 0 Å². The molecule has 1 aliphatic carbocycles. The van der Waals surface area contributed by atoms with E-state index in [0.717, 1.165) is 6.42 Å². The van der Waals surface area contributed by atoms with E-state index < -0.39 is 0 Å². The Kier molecular flexibility index (Phi) is 3.11. The molecular weight excluding hydrogens is 140 g/mol. The Balaban J connectivity index is 0.000000490. The zero-order valence-corrected chi connectivity index (χ0v) is 6.24.